The highest BCUT2D eigenvalue weighted by atomic mass is 16.2. The minimum absolute atomic E-state index is 0.0368. The normalized spacial score (nSPS) is 13.4. The number of hydrogen-bond acceptors (Lipinski definition) is 4. The minimum Gasteiger partial charge on any atom is -0.360 e. The van der Waals surface area contributed by atoms with Crippen molar-refractivity contribution in [3.05, 3.63) is 107 Å². The van der Waals surface area contributed by atoms with Gasteiger partial charge in [0.2, 0.25) is 5.91 Å². The first-order valence-corrected chi connectivity index (χ1v) is 12.1. The first-order valence-electron chi connectivity index (χ1n) is 12.1. The molecular formula is C29H29N5O2. The molecule has 5 rings (SSSR count). The van der Waals surface area contributed by atoms with Crippen LogP contribution in [-0.2, 0) is 17.9 Å². The van der Waals surface area contributed by atoms with Gasteiger partial charge in [-0.2, -0.15) is 5.10 Å². The number of carbonyl (C=O) groups is 2. The molecule has 0 atom stereocenters. The predicted molar refractivity (Wildman–Crippen MR) is 141 cm³/mol. The SMILES string of the molecule is Cc1ccc(-c2nn(Cc3ccccc3)cc2C(=O)NCc2ccc(N3CCNC(=O)C3)cc2)cc1. The van der Waals surface area contributed by atoms with Gasteiger partial charge in [0, 0.05) is 37.1 Å². The molecule has 4 aromatic rings. The summed E-state index contributed by atoms with van der Waals surface area (Å²) in [5.41, 5.74) is 6.39. The maximum atomic E-state index is 13.3. The quantitative estimate of drug-likeness (QED) is 0.423. The van der Waals surface area contributed by atoms with Crippen molar-refractivity contribution < 1.29 is 9.59 Å². The van der Waals surface area contributed by atoms with Crippen molar-refractivity contribution in [2.45, 2.75) is 20.0 Å². The average Bonchev–Trinajstić information content (AvgIpc) is 3.32. The molecular weight excluding hydrogens is 450 g/mol. The largest absolute Gasteiger partial charge is 0.360 e. The molecule has 0 spiro atoms. The second-order valence-corrected chi connectivity index (χ2v) is 9.06. The molecule has 1 aliphatic heterocycles. The fraction of sp³-hybridized carbons (Fsp3) is 0.207. The molecule has 7 nitrogen and oxygen atoms in total. The number of aryl methyl sites for hydroxylation is 1. The molecule has 0 unspecified atom stereocenters. The van der Waals surface area contributed by atoms with Crippen molar-refractivity contribution in [1.29, 1.82) is 0 Å². The Kier molecular flexibility index (Phi) is 6.80. The number of nitrogens with zero attached hydrogens (tertiary/aromatic N) is 3. The molecule has 3 aromatic carbocycles. The lowest BCUT2D eigenvalue weighted by atomic mass is 10.1. The number of nitrogens with one attached hydrogen (secondary N) is 2. The molecule has 1 saturated heterocycles. The number of anilines is 1. The summed E-state index contributed by atoms with van der Waals surface area (Å²) < 4.78 is 1.82. The highest BCUT2D eigenvalue weighted by Gasteiger charge is 2.19. The van der Waals surface area contributed by atoms with Crippen LogP contribution >= 0.6 is 0 Å². The lowest BCUT2D eigenvalue weighted by molar-refractivity contribution is -0.120. The molecule has 2 heterocycles. The topological polar surface area (TPSA) is 79.3 Å². The zero-order valence-corrected chi connectivity index (χ0v) is 20.3. The molecule has 182 valence electrons. The average molecular weight is 480 g/mol. The van der Waals surface area contributed by atoms with Crippen molar-refractivity contribution in [3.63, 3.8) is 0 Å². The maximum absolute atomic E-state index is 13.3. The zero-order chi connectivity index (χ0) is 24.9. The van der Waals surface area contributed by atoms with E-state index in [1.165, 1.54) is 0 Å². The van der Waals surface area contributed by atoms with Crippen LogP contribution < -0.4 is 15.5 Å². The highest BCUT2D eigenvalue weighted by Crippen LogP contribution is 2.23. The summed E-state index contributed by atoms with van der Waals surface area (Å²) in [6.07, 6.45) is 1.82. The van der Waals surface area contributed by atoms with E-state index in [2.05, 4.69) is 15.5 Å². The van der Waals surface area contributed by atoms with Gasteiger partial charge in [-0.25, -0.2) is 0 Å². The molecule has 0 aliphatic carbocycles. The van der Waals surface area contributed by atoms with E-state index in [-0.39, 0.29) is 11.8 Å². The van der Waals surface area contributed by atoms with Crippen molar-refractivity contribution in [1.82, 2.24) is 20.4 Å². The van der Waals surface area contributed by atoms with Crippen LogP contribution in [0.4, 0.5) is 5.69 Å². The standard InChI is InChI=1S/C29H29N5O2/c1-21-7-11-24(12-8-21)28-26(19-34(32-28)18-23-5-3-2-4-6-23)29(36)31-17-22-9-13-25(14-10-22)33-16-15-30-27(35)20-33/h2-14,19H,15-18,20H2,1H3,(H,30,35)(H,31,36). The van der Waals surface area contributed by atoms with Gasteiger partial charge in [-0.15, -0.1) is 0 Å². The van der Waals surface area contributed by atoms with Crippen LogP contribution in [0.3, 0.4) is 0 Å². The van der Waals surface area contributed by atoms with Crippen molar-refractivity contribution in [2.75, 3.05) is 24.5 Å². The molecule has 1 aliphatic rings. The lowest BCUT2D eigenvalue weighted by Crippen LogP contribution is -2.47. The van der Waals surface area contributed by atoms with Crippen LogP contribution in [0.5, 0.6) is 0 Å². The number of piperazine rings is 1. The zero-order valence-electron chi connectivity index (χ0n) is 20.3. The molecule has 36 heavy (non-hydrogen) atoms. The Morgan fingerprint density at radius 3 is 2.44 bits per heavy atom. The van der Waals surface area contributed by atoms with Crippen LogP contribution in [0.2, 0.25) is 0 Å². The van der Waals surface area contributed by atoms with Gasteiger partial charge in [-0.1, -0.05) is 72.3 Å². The first-order chi connectivity index (χ1) is 17.5. The maximum Gasteiger partial charge on any atom is 0.255 e. The molecule has 1 aromatic heterocycles. The summed E-state index contributed by atoms with van der Waals surface area (Å²) >= 11 is 0. The van der Waals surface area contributed by atoms with Crippen molar-refractivity contribution >= 4 is 17.5 Å². The molecule has 0 radical (unpaired) electrons. The summed E-state index contributed by atoms with van der Waals surface area (Å²) in [5.74, 6) is -0.128. The number of amides is 2. The molecule has 0 saturated carbocycles. The van der Waals surface area contributed by atoms with Gasteiger partial charge in [0.1, 0.15) is 5.69 Å². The van der Waals surface area contributed by atoms with Gasteiger partial charge in [0.05, 0.1) is 18.7 Å². The summed E-state index contributed by atoms with van der Waals surface area (Å²) in [5, 5.41) is 10.7. The third kappa shape index (κ3) is 5.46. The summed E-state index contributed by atoms with van der Waals surface area (Å²) in [7, 11) is 0. The lowest BCUT2D eigenvalue weighted by Gasteiger charge is -2.28. The Bertz CT molecular complexity index is 1340. The second kappa shape index (κ2) is 10.5. The minimum atomic E-state index is -0.165. The van der Waals surface area contributed by atoms with Gasteiger partial charge >= 0.3 is 0 Å². The van der Waals surface area contributed by atoms with E-state index in [4.69, 9.17) is 5.10 Å². The summed E-state index contributed by atoms with van der Waals surface area (Å²) in [4.78, 5) is 27.0. The van der Waals surface area contributed by atoms with Gasteiger partial charge in [-0.3, -0.25) is 14.3 Å². The first kappa shape index (κ1) is 23.4. The van der Waals surface area contributed by atoms with E-state index in [1.54, 1.807) is 0 Å². The van der Waals surface area contributed by atoms with E-state index in [9.17, 15) is 9.59 Å². The molecule has 0 bridgehead atoms. The molecule has 7 heteroatoms. The number of benzene rings is 3. The monoisotopic (exact) mass is 479 g/mol. The Balaban J connectivity index is 1.32. The van der Waals surface area contributed by atoms with Gasteiger partial charge in [-0.05, 0) is 30.2 Å². The highest BCUT2D eigenvalue weighted by molar-refractivity contribution is 5.99. The van der Waals surface area contributed by atoms with Crippen LogP contribution in [0.25, 0.3) is 11.3 Å². The fourth-order valence-corrected chi connectivity index (χ4v) is 4.32. The summed E-state index contributed by atoms with van der Waals surface area (Å²) in [6.45, 7) is 4.83. The van der Waals surface area contributed by atoms with E-state index in [1.807, 2.05) is 96.7 Å². The Morgan fingerprint density at radius 1 is 0.972 bits per heavy atom. The Hall–Kier alpha value is -4.39. The van der Waals surface area contributed by atoms with E-state index >= 15 is 0 Å². The van der Waals surface area contributed by atoms with Gasteiger partial charge in [0.15, 0.2) is 0 Å². The van der Waals surface area contributed by atoms with E-state index in [0.717, 1.165) is 34.5 Å². The Labute approximate surface area is 210 Å². The number of rotatable bonds is 7. The number of carbonyl (C=O) groups excluding carboxylic acids is 2. The van der Waals surface area contributed by atoms with Crippen LogP contribution in [0, 0.1) is 6.92 Å². The van der Waals surface area contributed by atoms with Crippen LogP contribution in [0.1, 0.15) is 27.0 Å². The third-order valence-corrected chi connectivity index (χ3v) is 6.31. The van der Waals surface area contributed by atoms with Crippen molar-refractivity contribution in [3.8, 4) is 11.3 Å². The smallest absolute Gasteiger partial charge is 0.255 e. The molecule has 1 fully saturated rings. The summed E-state index contributed by atoms with van der Waals surface area (Å²) in [6, 6.07) is 26.1. The van der Waals surface area contributed by atoms with Crippen LogP contribution in [0.15, 0.2) is 85.1 Å². The number of hydrogen-bond donors (Lipinski definition) is 2. The van der Waals surface area contributed by atoms with E-state index < -0.39 is 0 Å². The van der Waals surface area contributed by atoms with Crippen LogP contribution in [-0.4, -0.2) is 41.2 Å². The van der Waals surface area contributed by atoms with Crippen molar-refractivity contribution in [2.24, 2.45) is 0 Å². The second-order valence-electron chi connectivity index (χ2n) is 9.06. The van der Waals surface area contributed by atoms with E-state index in [0.29, 0.717) is 37.4 Å². The third-order valence-electron chi connectivity index (χ3n) is 6.31. The molecule has 2 N–H and O–H groups in total. The fourth-order valence-electron chi connectivity index (χ4n) is 4.32. The molecule has 2 amide bonds. The Morgan fingerprint density at radius 2 is 1.72 bits per heavy atom. The van der Waals surface area contributed by atoms with Gasteiger partial charge < -0.3 is 15.5 Å². The van der Waals surface area contributed by atoms with Gasteiger partial charge in [0.25, 0.3) is 5.91 Å². The predicted octanol–water partition coefficient (Wildman–Crippen LogP) is 3.77. The number of aromatic nitrogens is 2.